The van der Waals surface area contributed by atoms with E-state index < -0.39 is 0 Å². The summed E-state index contributed by atoms with van der Waals surface area (Å²) < 4.78 is 13.9. The van der Waals surface area contributed by atoms with Crippen molar-refractivity contribution in [3.8, 4) is 0 Å². The molecule has 3 aromatic rings. The number of aryl methyl sites for hydroxylation is 1. The van der Waals surface area contributed by atoms with E-state index in [-0.39, 0.29) is 11.7 Å². The van der Waals surface area contributed by atoms with Crippen molar-refractivity contribution in [2.45, 2.75) is 18.2 Å². The Morgan fingerprint density at radius 3 is 2.83 bits per heavy atom. The van der Waals surface area contributed by atoms with E-state index in [2.05, 4.69) is 21.9 Å². The maximum atomic E-state index is 12.8. The molecule has 0 aliphatic rings. The molecule has 24 heavy (non-hydrogen) atoms. The Hall–Kier alpha value is -2.12. The molecule has 0 atom stereocenters. The van der Waals surface area contributed by atoms with Crippen LogP contribution in [0.5, 0.6) is 0 Å². The third kappa shape index (κ3) is 4.46. The van der Waals surface area contributed by atoms with Gasteiger partial charge in [0.25, 0.3) is 0 Å². The topological polar surface area (TPSA) is 54.0 Å². The number of fused-ring (bicyclic) bond motifs is 1. The first-order chi connectivity index (χ1) is 11.6. The van der Waals surface area contributed by atoms with Gasteiger partial charge in [0.1, 0.15) is 5.82 Å². The van der Waals surface area contributed by atoms with Gasteiger partial charge >= 0.3 is 0 Å². The number of hydrogen-bond acceptors (Lipinski definition) is 5. The molecule has 0 saturated heterocycles. The average molecular weight is 361 g/mol. The summed E-state index contributed by atoms with van der Waals surface area (Å²) in [5.41, 5.74) is 7.61. The van der Waals surface area contributed by atoms with Gasteiger partial charge in [-0.05, 0) is 48.9 Å². The molecule has 124 valence electrons. The van der Waals surface area contributed by atoms with Crippen molar-refractivity contribution in [2.24, 2.45) is 0 Å². The number of amides is 1. The number of benzene rings is 2. The van der Waals surface area contributed by atoms with E-state index >= 15 is 0 Å². The summed E-state index contributed by atoms with van der Waals surface area (Å²) in [6, 6.07) is 12.3. The number of aromatic nitrogens is 1. The number of thiazole rings is 1. The number of carbonyl (C=O) groups is 1. The van der Waals surface area contributed by atoms with E-state index in [0.717, 1.165) is 15.1 Å². The second-order valence-electron chi connectivity index (χ2n) is 5.22. The Morgan fingerprint density at radius 1 is 1.25 bits per heavy atom. The zero-order chi connectivity index (χ0) is 16.9. The minimum absolute atomic E-state index is 0.111. The summed E-state index contributed by atoms with van der Waals surface area (Å²) in [4.78, 5) is 17.2. The minimum atomic E-state index is -0.257. The molecule has 0 aliphatic heterocycles. The van der Waals surface area contributed by atoms with E-state index in [9.17, 15) is 9.18 Å². The number of rotatable bonds is 6. The van der Waals surface area contributed by atoms with Crippen LogP contribution in [0.3, 0.4) is 0 Å². The number of nitrogens with one attached hydrogen (secondary N) is 2. The number of thioether (sulfide) groups is 1. The van der Waals surface area contributed by atoms with Gasteiger partial charge in [-0.1, -0.05) is 17.4 Å². The van der Waals surface area contributed by atoms with Gasteiger partial charge < -0.3 is 0 Å². The molecule has 4 nitrogen and oxygen atoms in total. The molecule has 0 saturated carbocycles. The van der Waals surface area contributed by atoms with Gasteiger partial charge in [0.15, 0.2) is 0 Å². The largest absolute Gasteiger partial charge is 0.273 e. The maximum absolute atomic E-state index is 12.8. The lowest BCUT2D eigenvalue weighted by atomic mass is 10.2. The van der Waals surface area contributed by atoms with Gasteiger partial charge in [-0.2, -0.15) is 0 Å². The molecule has 2 N–H and O–H groups in total. The van der Waals surface area contributed by atoms with E-state index in [1.54, 1.807) is 12.1 Å². The molecule has 1 heterocycles. The third-order valence-corrected chi connectivity index (χ3v) is 5.21. The van der Waals surface area contributed by atoms with Crippen LogP contribution in [0.1, 0.15) is 12.0 Å². The summed E-state index contributed by atoms with van der Waals surface area (Å²) in [7, 11) is 0. The first kappa shape index (κ1) is 16.7. The standard InChI is InChI=1S/C17H16FN3OS2/c1-11-2-7-14-15(10-11)24-17(19-14)21-20-16(22)8-9-23-13-5-3-12(18)4-6-13/h2-7,10H,8-9H2,1H3,(H,19,21)(H,20,22). The molecule has 0 radical (unpaired) electrons. The van der Waals surface area contributed by atoms with Crippen LogP contribution in [0.25, 0.3) is 10.2 Å². The van der Waals surface area contributed by atoms with Crippen LogP contribution >= 0.6 is 23.1 Å². The van der Waals surface area contributed by atoms with Crippen molar-refractivity contribution >= 4 is 44.4 Å². The molecule has 2 aromatic carbocycles. The van der Waals surface area contributed by atoms with E-state index in [0.29, 0.717) is 17.3 Å². The van der Waals surface area contributed by atoms with Crippen molar-refractivity contribution in [1.82, 2.24) is 10.4 Å². The number of anilines is 1. The molecule has 1 aromatic heterocycles. The molecule has 3 rings (SSSR count). The second kappa shape index (κ2) is 7.63. The van der Waals surface area contributed by atoms with Gasteiger partial charge in [0.05, 0.1) is 10.2 Å². The number of hydrogen-bond donors (Lipinski definition) is 2. The highest BCUT2D eigenvalue weighted by Gasteiger charge is 2.06. The summed E-state index contributed by atoms with van der Waals surface area (Å²) in [5, 5.41) is 0.662. The highest BCUT2D eigenvalue weighted by molar-refractivity contribution is 7.99. The average Bonchev–Trinajstić information content (AvgIpc) is 2.97. The minimum Gasteiger partial charge on any atom is -0.273 e. The highest BCUT2D eigenvalue weighted by atomic mass is 32.2. The lowest BCUT2D eigenvalue weighted by molar-refractivity contribution is -0.120. The fraction of sp³-hybridized carbons (Fsp3) is 0.176. The Balaban J connectivity index is 1.45. The van der Waals surface area contributed by atoms with Crippen molar-refractivity contribution in [3.63, 3.8) is 0 Å². The lowest BCUT2D eigenvalue weighted by Gasteiger charge is -2.05. The Bertz CT molecular complexity index is 849. The van der Waals surface area contributed by atoms with Gasteiger partial charge in [-0.25, -0.2) is 9.37 Å². The Kier molecular flexibility index (Phi) is 5.32. The molecule has 0 fully saturated rings. The SMILES string of the molecule is Cc1ccc2nc(NNC(=O)CCSc3ccc(F)cc3)sc2c1. The van der Waals surface area contributed by atoms with Crippen LogP contribution in [0.15, 0.2) is 47.4 Å². The molecule has 0 unspecified atom stereocenters. The Morgan fingerprint density at radius 2 is 2.04 bits per heavy atom. The molecule has 0 spiro atoms. The zero-order valence-electron chi connectivity index (χ0n) is 13.0. The van der Waals surface area contributed by atoms with Crippen LogP contribution in [0, 0.1) is 12.7 Å². The van der Waals surface area contributed by atoms with Gasteiger partial charge in [0.2, 0.25) is 11.0 Å². The predicted octanol–water partition coefficient (Wildman–Crippen LogP) is 4.37. The summed E-state index contributed by atoms with van der Waals surface area (Å²) >= 11 is 3.01. The van der Waals surface area contributed by atoms with Crippen molar-refractivity contribution < 1.29 is 9.18 Å². The number of hydrazine groups is 1. The number of halogens is 1. The predicted molar refractivity (Wildman–Crippen MR) is 97.9 cm³/mol. The number of carbonyl (C=O) groups excluding carboxylic acids is 1. The monoisotopic (exact) mass is 361 g/mol. The molecular formula is C17H16FN3OS2. The first-order valence-corrected chi connectivity index (χ1v) is 9.21. The smallest absolute Gasteiger partial charge is 0.239 e. The van der Waals surface area contributed by atoms with Crippen molar-refractivity contribution in [2.75, 3.05) is 11.2 Å². The van der Waals surface area contributed by atoms with Crippen LogP contribution in [0.2, 0.25) is 0 Å². The number of nitrogens with zero attached hydrogens (tertiary/aromatic N) is 1. The highest BCUT2D eigenvalue weighted by Crippen LogP contribution is 2.26. The molecule has 0 bridgehead atoms. The van der Waals surface area contributed by atoms with Gasteiger partial charge in [-0.3, -0.25) is 15.6 Å². The first-order valence-electron chi connectivity index (χ1n) is 7.40. The maximum Gasteiger partial charge on any atom is 0.239 e. The Labute approximate surface area is 147 Å². The normalized spacial score (nSPS) is 10.8. The summed E-state index contributed by atoms with van der Waals surface area (Å²) in [6.07, 6.45) is 0.360. The molecule has 1 amide bonds. The van der Waals surface area contributed by atoms with Crippen molar-refractivity contribution in [1.29, 1.82) is 0 Å². The van der Waals surface area contributed by atoms with Crippen LogP contribution < -0.4 is 10.9 Å². The zero-order valence-corrected chi connectivity index (χ0v) is 14.6. The summed E-state index contributed by atoms with van der Waals surface area (Å²) in [6.45, 7) is 2.03. The van der Waals surface area contributed by atoms with Crippen LogP contribution in [-0.4, -0.2) is 16.6 Å². The van der Waals surface area contributed by atoms with E-state index in [1.807, 2.05) is 19.1 Å². The summed E-state index contributed by atoms with van der Waals surface area (Å²) in [5.74, 6) is 0.255. The lowest BCUT2D eigenvalue weighted by Crippen LogP contribution is -2.29. The van der Waals surface area contributed by atoms with Crippen molar-refractivity contribution in [3.05, 3.63) is 53.8 Å². The molecule has 7 heteroatoms. The fourth-order valence-electron chi connectivity index (χ4n) is 2.06. The van der Waals surface area contributed by atoms with E-state index in [4.69, 9.17) is 0 Å². The van der Waals surface area contributed by atoms with Gasteiger partial charge in [0, 0.05) is 17.1 Å². The second-order valence-corrected chi connectivity index (χ2v) is 7.41. The fourth-order valence-corrected chi connectivity index (χ4v) is 3.83. The van der Waals surface area contributed by atoms with Gasteiger partial charge in [-0.15, -0.1) is 11.8 Å². The molecule has 0 aliphatic carbocycles. The molecular weight excluding hydrogens is 345 g/mol. The van der Waals surface area contributed by atoms with Crippen LogP contribution in [0.4, 0.5) is 9.52 Å². The quantitative estimate of drug-likeness (QED) is 0.506. The third-order valence-electron chi connectivity index (χ3n) is 3.26. The van der Waals surface area contributed by atoms with E-state index in [1.165, 1.54) is 40.8 Å². The van der Waals surface area contributed by atoms with Crippen LogP contribution in [-0.2, 0) is 4.79 Å².